The van der Waals surface area contributed by atoms with Crippen LogP contribution in [0.4, 0.5) is 0 Å². The molecule has 0 spiro atoms. The predicted octanol–water partition coefficient (Wildman–Crippen LogP) is -1.28. The molecule has 1 fully saturated rings. The highest BCUT2D eigenvalue weighted by molar-refractivity contribution is 5.41. The van der Waals surface area contributed by atoms with E-state index >= 15 is 0 Å². The van der Waals surface area contributed by atoms with Crippen molar-refractivity contribution in [3.8, 4) is 11.5 Å². The van der Waals surface area contributed by atoms with Gasteiger partial charge in [-0.2, -0.15) is 0 Å². The van der Waals surface area contributed by atoms with Gasteiger partial charge in [-0.25, -0.2) is 0 Å². The van der Waals surface area contributed by atoms with Crippen LogP contribution in [0.15, 0.2) is 18.2 Å². The van der Waals surface area contributed by atoms with Crippen molar-refractivity contribution in [2.24, 2.45) is 0 Å². The van der Waals surface area contributed by atoms with Gasteiger partial charge >= 0.3 is 0 Å². The number of phenols is 1. The van der Waals surface area contributed by atoms with Gasteiger partial charge in [0.2, 0.25) is 0 Å². The maximum atomic E-state index is 9.84. The number of aliphatic hydroxyl groups is 4. The fourth-order valence-electron chi connectivity index (χ4n) is 2.20. The second-order valence-corrected chi connectivity index (χ2v) is 5.01. The maximum Gasteiger partial charge on any atom is 0.187 e. The lowest BCUT2D eigenvalue weighted by molar-refractivity contribution is -0.304. The van der Waals surface area contributed by atoms with Gasteiger partial charge in [-0.3, -0.25) is 0 Å². The van der Waals surface area contributed by atoms with Crippen LogP contribution in [-0.4, -0.2) is 70.0 Å². The highest BCUT2D eigenvalue weighted by Gasteiger charge is 2.43. The van der Waals surface area contributed by atoms with Gasteiger partial charge in [0.1, 0.15) is 24.4 Å². The van der Waals surface area contributed by atoms with Crippen molar-refractivity contribution in [3.05, 3.63) is 23.8 Å². The Labute approximate surface area is 127 Å². The van der Waals surface area contributed by atoms with Gasteiger partial charge in [-0.15, -0.1) is 0 Å². The summed E-state index contributed by atoms with van der Waals surface area (Å²) < 4.78 is 15.6. The number of hydrogen-bond acceptors (Lipinski definition) is 8. The largest absolute Gasteiger partial charge is 0.504 e. The molecule has 1 aliphatic heterocycles. The molecule has 0 aromatic heterocycles. The van der Waals surface area contributed by atoms with Crippen LogP contribution in [0.5, 0.6) is 11.5 Å². The standard InChI is InChI=1S/C14H20O8/c1-20-9-4-7(2-3-8(9)16)6-21-14-13(19)12(18)11(17)10(5-15)22-14/h2-4,10-19H,5-6H2,1H3. The first kappa shape index (κ1) is 16.9. The third-order valence-electron chi connectivity index (χ3n) is 3.51. The molecule has 0 aliphatic carbocycles. The van der Waals surface area contributed by atoms with Gasteiger partial charge < -0.3 is 39.7 Å². The zero-order valence-corrected chi connectivity index (χ0v) is 12.0. The van der Waals surface area contributed by atoms with Crippen molar-refractivity contribution in [2.75, 3.05) is 13.7 Å². The molecular formula is C14H20O8. The first-order valence-corrected chi connectivity index (χ1v) is 6.76. The number of aliphatic hydroxyl groups excluding tert-OH is 4. The summed E-state index contributed by atoms with van der Waals surface area (Å²) in [6, 6.07) is 4.59. The van der Waals surface area contributed by atoms with E-state index in [0.717, 1.165) is 0 Å². The fraction of sp³-hybridized carbons (Fsp3) is 0.571. The molecule has 1 aromatic rings. The molecule has 5 N–H and O–H groups in total. The minimum Gasteiger partial charge on any atom is -0.504 e. The maximum absolute atomic E-state index is 9.84. The lowest BCUT2D eigenvalue weighted by Crippen LogP contribution is -2.59. The van der Waals surface area contributed by atoms with Crippen molar-refractivity contribution in [3.63, 3.8) is 0 Å². The number of benzene rings is 1. The molecule has 0 bridgehead atoms. The van der Waals surface area contributed by atoms with Gasteiger partial charge in [0.05, 0.1) is 20.3 Å². The number of methoxy groups -OCH3 is 1. The molecule has 1 saturated heterocycles. The second-order valence-electron chi connectivity index (χ2n) is 5.01. The van der Waals surface area contributed by atoms with Crippen LogP contribution in [0.25, 0.3) is 0 Å². The van der Waals surface area contributed by atoms with E-state index in [1.165, 1.54) is 13.2 Å². The summed E-state index contributed by atoms with van der Waals surface area (Å²) in [7, 11) is 1.41. The number of ether oxygens (including phenoxy) is 3. The summed E-state index contributed by atoms with van der Waals surface area (Å²) in [5.41, 5.74) is 0.645. The lowest BCUT2D eigenvalue weighted by atomic mass is 9.99. The van der Waals surface area contributed by atoms with E-state index in [0.29, 0.717) is 5.56 Å². The van der Waals surface area contributed by atoms with Gasteiger partial charge in [-0.1, -0.05) is 6.07 Å². The van der Waals surface area contributed by atoms with Gasteiger partial charge in [-0.05, 0) is 17.7 Å². The Balaban J connectivity index is 2.01. The summed E-state index contributed by atoms with van der Waals surface area (Å²) in [4.78, 5) is 0. The highest BCUT2D eigenvalue weighted by atomic mass is 16.7. The third kappa shape index (κ3) is 3.49. The van der Waals surface area contributed by atoms with Crippen molar-refractivity contribution >= 4 is 0 Å². The second kappa shape index (κ2) is 7.23. The van der Waals surface area contributed by atoms with Crippen LogP contribution in [0.2, 0.25) is 0 Å². The number of rotatable bonds is 5. The van der Waals surface area contributed by atoms with Crippen molar-refractivity contribution in [1.82, 2.24) is 0 Å². The smallest absolute Gasteiger partial charge is 0.187 e. The lowest BCUT2D eigenvalue weighted by Gasteiger charge is -2.39. The molecular weight excluding hydrogens is 296 g/mol. The molecule has 124 valence electrons. The van der Waals surface area contributed by atoms with E-state index in [4.69, 9.17) is 19.3 Å². The fourth-order valence-corrected chi connectivity index (χ4v) is 2.20. The topological polar surface area (TPSA) is 129 Å². The molecule has 5 unspecified atom stereocenters. The van der Waals surface area contributed by atoms with Crippen LogP contribution in [0, 0.1) is 0 Å². The molecule has 8 heteroatoms. The number of phenolic OH excluding ortho intramolecular Hbond substituents is 1. The molecule has 1 heterocycles. The first-order valence-electron chi connectivity index (χ1n) is 6.76. The molecule has 1 aliphatic rings. The average molecular weight is 316 g/mol. The van der Waals surface area contributed by atoms with Gasteiger partial charge in [0.25, 0.3) is 0 Å². The highest BCUT2D eigenvalue weighted by Crippen LogP contribution is 2.28. The minimum absolute atomic E-state index is 0.0132. The van der Waals surface area contributed by atoms with Crippen LogP contribution >= 0.6 is 0 Å². The van der Waals surface area contributed by atoms with E-state index < -0.39 is 37.3 Å². The summed E-state index contributed by atoms with van der Waals surface area (Å²) in [6.07, 6.45) is -6.57. The molecule has 0 saturated carbocycles. The Kier molecular flexibility index (Phi) is 5.57. The third-order valence-corrected chi connectivity index (χ3v) is 3.51. The Morgan fingerprint density at radius 1 is 1.14 bits per heavy atom. The summed E-state index contributed by atoms with van der Waals surface area (Å²) >= 11 is 0. The molecule has 0 radical (unpaired) electrons. The normalized spacial score (nSPS) is 32.0. The SMILES string of the molecule is COc1cc(COC2OC(CO)C(O)C(O)C2O)ccc1O. The molecule has 1 aromatic carbocycles. The van der Waals surface area contributed by atoms with Crippen LogP contribution < -0.4 is 4.74 Å². The first-order chi connectivity index (χ1) is 10.5. The summed E-state index contributed by atoms with van der Waals surface area (Å²) in [6.45, 7) is -0.503. The summed E-state index contributed by atoms with van der Waals surface area (Å²) in [5.74, 6) is 0.258. The van der Waals surface area contributed by atoms with Gasteiger partial charge in [0.15, 0.2) is 17.8 Å². The monoisotopic (exact) mass is 316 g/mol. The number of aromatic hydroxyl groups is 1. The van der Waals surface area contributed by atoms with Crippen LogP contribution in [0.1, 0.15) is 5.56 Å². The summed E-state index contributed by atoms with van der Waals surface area (Å²) in [5, 5.41) is 47.8. The van der Waals surface area contributed by atoms with Crippen molar-refractivity contribution < 1.29 is 39.7 Å². The molecule has 8 nitrogen and oxygen atoms in total. The minimum atomic E-state index is -1.48. The zero-order chi connectivity index (χ0) is 16.3. The van der Waals surface area contributed by atoms with Crippen LogP contribution in [-0.2, 0) is 16.1 Å². The number of hydrogen-bond donors (Lipinski definition) is 5. The average Bonchev–Trinajstić information content (AvgIpc) is 2.53. The van der Waals surface area contributed by atoms with E-state index in [-0.39, 0.29) is 18.1 Å². The van der Waals surface area contributed by atoms with E-state index in [1.807, 2.05) is 0 Å². The quantitative estimate of drug-likeness (QED) is 0.454. The Bertz CT molecular complexity index is 492. The van der Waals surface area contributed by atoms with E-state index in [2.05, 4.69) is 0 Å². The zero-order valence-electron chi connectivity index (χ0n) is 12.0. The Hall–Kier alpha value is -1.42. The van der Waals surface area contributed by atoms with E-state index in [9.17, 15) is 20.4 Å². The Morgan fingerprint density at radius 2 is 1.86 bits per heavy atom. The van der Waals surface area contributed by atoms with Crippen molar-refractivity contribution in [2.45, 2.75) is 37.3 Å². The Morgan fingerprint density at radius 3 is 2.50 bits per heavy atom. The van der Waals surface area contributed by atoms with Gasteiger partial charge in [0, 0.05) is 0 Å². The molecule has 5 atom stereocenters. The van der Waals surface area contributed by atoms with Crippen molar-refractivity contribution in [1.29, 1.82) is 0 Å². The molecule has 2 rings (SSSR count). The molecule has 22 heavy (non-hydrogen) atoms. The predicted molar refractivity (Wildman–Crippen MR) is 73.2 cm³/mol. The van der Waals surface area contributed by atoms with E-state index in [1.54, 1.807) is 12.1 Å². The van der Waals surface area contributed by atoms with Crippen LogP contribution in [0.3, 0.4) is 0 Å². The molecule has 0 amide bonds.